The summed E-state index contributed by atoms with van der Waals surface area (Å²) >= 11 is 0. The van der Waals surface area contributed by atoms with Crippen LogP contribution in [0.1, 0.15) is 0 Å². The maximum atomic E-state index is 2.12. The van der Waals surface area contributed by atoms with Gasteiger partial charge in [-0.3, -0.25) is 0 Å². The van der Waals surface area contributed by atoms with Gasteiger partial charge in [-0.1, -0.05) is 0 Å². The van der Waals surface area contributed by atoms with Crippen molar-refractivity contribution in [1.29, 1.82) is 0 Å². The van der Waals surface area contributed by atoms with E-state index in [1.165, 1.54) is 0 Å². The van der Waals surface area contributed by atoms with E-state index in [0.717, 1.165) is 4.48 Å². The molecule has 3 nitrogen and oxygen atoms in total. The Morgan fingerprint density at radius 2 is 0.875 bits per heavy atom. The highest BCUT2D eigenvalue weighted by Gasteiger charge is 1.88. The Morgan fingerprint density at radius 3 is 0.875 bits per heavy atom. The van der Waals surface area contributed by atoms with Crippen LogP contribution in [0.5, 0.6) is 0 Å². The Hall–Kier alpha value is -0.190. The molecule has 0 aliphatic heterocycles. The van der Waals surface area contributed by atoms with Gasteiger partial charge >= 0.3 is 0 Å². The smallest absolute Gasteiger partial charge is 0.0675 e. The van der Waals surface area contributed by atoms with Crippen LogP contribution in [0, 0.1) is 0 Å². The molecule has 0 aliphatic carbocycles. The molecule has 0 bridgehead atoms. The maximum Gasteiger partial charge on any atom is 0.0675 e. The van der Waals surface area contributed by atoms with Crippen molar-refractivity contribution in [3.05, 3.63) is 0 Å². The van der Waals surface area contributed by atoms with E-state index in [0.29, 0.717) is 0 Å². The second kappa shape index (κ2) is 6.81. The molecule has 5 N–H and O–H groups in total. The molecule has 8 heavy (non-hydrogen) atoms. The van der Waals surface area contributed by atoms with E-state index in [4.69, 9.17) is 0 Å². The van der Waals surface area contributed by atoms with Gasteiger partial charge in [0.05, 0.1) is 28.2 Å². The first kappa shape index (κ1) is 25.0. The number of nitrogens with zero attached hydrogens (tertiary/aromatic N) is 1. The monoisotopic (exact) mass is 128 g/mol. The minimum atomic E-state index is 0. The summed E-state index contributed by atoms with van der Waals surface area (Å²) in [5.74, 6) is 0. The number of hydrogen-bond acceptors (Lipinski definition) is 1. The van der Waals surface area contributed by atoms with Crippen molar-refractivity contribution < 1.29 is 14.7 Å². The fourth-order valence-electron chi connectivity index (χ4n) is 0. The molecule has 0 atom stereocenters. The third kappa shape index (κ3) is 3720. The number of hydrogen-bond donors (Lipinski definition) is 1. The zero-order valence-electron chi connectivity index (χ0n) is 6.27. The minimum Gasteiger partial charge on any atom is -1.00 e. The summed E-state index contributed by atoms with van der Waals surface area (Å²) in [4.78, 5) is 0. The van der Waals surface area contributed by atoms with E-state index >= 15 is 0 Å². The molecule has 0 saturated heterocycles. The van der Waals surface area contributed by atoms with E-state index < -0.39 is 0 Å². The molecule has 0 heterocycles. The van der Waals surface area contributed by atoms with E-state index in [1.807, 2.05) is 0 Å². The average molecular weight is 128 g/mol. The zero-order valence-corrected chi connectivity index (χ0v) is 6.27. The van der Waals surface area contributed by atoms with Crippen molar-refractivity contribution in [2.75, 3.05) is 28.2 Å². The van der Waals surface area contributed by atoms with Gasteiger partial charge in [0.15, 0.2) is 0 Å². The Kier molecular flexibility index (Phi) is 21.2. The lowest BCUT2D eigenvalue weighted by molar-refractivity contribution is -0.849. The number of rotatable bonds is 0. The van der Waals surface area contributed by atoms with Crippen LogP contribution >= 0.6 is 0 Å². The molecule has 0 saturated carbocycles. The molecule has 0 aromatic rings. The topological polar surface area (TPSA) is 66.5 Å². The molecule has 0 rings (SSSR count). The fraction of sp³-hybridized carbons (Fsp3) is 1.00. The Balaban J connectivity index is -0.0000000267. The highest BCUT2D eigenvalue weighted by molar-refractivity contribution is 3.87. The van der Waals surface area contributed by atoms with Crippen LogP contribution in [0.3, 0.4) is 0 Å². The van der Waals surface area contributed by atoms with Gasteiger partial charge in [-0.25, -0.2) is 0 Å². The second-order valence-corrected chi connectivity index (χ2v) is 2.68. The Bertz CT molecular complexity index is 29.5. The van der Waals surface area contributed by atoms with Gasteiger partial charge in [-0.05, 0) is 0 Å². The normalized spacial score (nSPS) is 7.50. The lowest BCUT2D eigenvalue weighted by atomic mass is 10.8. The highest BCUT2D eigenvalue weighted by Crippen LogP contribution is 1.73. The first-order valence-electron chi connectivity index (χ1n) is 1.79. The fourth-order valence-corrected chi connectivity index (χ4v) is 0. The molecule has 0 aromatic carbocycles. The van der Waals surface area contributed by atoms with Gasteiger partial charge in [0.25, 0.3) is 0 Å². The molecule has 0 radical (unpaired) electrons. The summed E-state index contributed by atoms with van der Waals surface area (Å²) in [5, 5.41) is 0. The SMILES string of the molecule is C[N+](C)(C)C.[F-].[NH4+].[OH-]. The summed E-state index contributed by atoms with van der Waals surface area (Å²) in [6, 6.07) is 0. The van der Waals surface area contributed by atoms with Crippen molar-refractivity contribution in [2.45, 2.75) is 0 Å². The quantitative estimate of drug-likeness (QED) is 0.361. The third-order valence-electron chi connectivity index (χ3n) is 0. The zero-order chi connectivity index (χ0) is 4.50. The van der Waals surface area contributed by atoms with Crippen LogP contribution in [0.25, 0.3) is 0 Å². The maximum absolute atomic E-state index is 2.12. The van der Waals surface area contributed by atoms with Crippen LogP contribution < -0.4 is 10.9 Å². The predicted octanol–water partition coefficient (Wildman–Crippen LogP) is -2.47. The summed E-state index contributed by atoms with van der Waals surface area (Å²) in [6.45, 7) is 0. The summed E-state index contributed by atoms with van der Waals surface area (Å²) in [6.07, 6.45) is 0. The van der Waals surface area contributed by atoms with E-state index in [1.54, 1.807) is 0 Å². The van der Waals surface area contributed by atoms with Crippen LogP contribution in [-0.2, 0) is 0 Å². The number of halogens is 1. The molecule has 0 fully saturated rings. The van der Waals surface area contributed by atoms with Gasteiger partial charge in [0.2, 0.25) is 0 Å². The van der Waals surface area contributed by atoms with Crippen molar-refractivity contribution in [2.24, 2.45) is 0 Å². The van der Waals surface area contributed by atoms with Gasteiger partial charge in [-0.2, -0.15) is 0 Å². The Labute approximate surface area is 50.1 Å². The van der Waals surface area contributed by atoms with Crippen LogP contribution in [0.15, 0.2) is 0 Å². The minimum absolute atomic E-state index is 0. The van der Waals surface area contributed by atoms with Crippen LogP contribution in [-0.4, -0.2) is 38.1 Å². The standard InChI is InChI=1S/C4H12N.FH.H3N.H2O/c1-5(2,3)4;;;/h1-4H3;1H;1H3;1H2/q+1;;;/p-1. The van der Waals surface area contributed by atoms with Gasteiger partial charge in [0.1, 0.15) is 0 Å². The van der Waals surface area contributed by atoms with E-state index in [-0.39, 0.29) is 16.3 Å². The molecule has 4 heteroatoms. The third-order valence-corrected chi connectivity index (χ3v) is 0. The predicted molar refractivity (Wildman–Crippen MR) is 31.9 cm³/mol. The average Bonchev–Trinajstić information content (AvgIpc) is 0.722. The molecule has 56 valence electrons. The first-order chi connectivity index (χ1) is 2.00. The van der Waals surface area contributed by atoms with Gasteiger partial charge < -0.3 is 20.8 Å². The lowest BCUT2D eigenvalue weighted by Gasteiger charge is -2.14. The molecule has 0 spiro atoms. The summed E-state index contributed by atoms with van der Waals surface area (Å²) in [5.41, 5.74) is 0. The van der Waals surface area contributed by atoms with Crippen molar-refractivity contribution >= 4 is 0 Å². The van der Waals surface area contributed by atoms with Crippen molar-refractivity contribution in [3.63, 3.8) is 0 Å². The van der Waals surface area contributed by atoms with Gasteiger partial charge in [0, 0.05) is 0 Å². The van der Waals surface area contributed by atoms with E-state index in [9.17, 15) is 0 Å². The van der Waals surface area contributed by atoms with Crippen LogP contribution in [0.4, 0.5) is 0 Å². The van der Waals surface area contributed by atoms with Crippen LogP contribution in [0.2, 0.25) is 0 Å². The molecule has 0 amide bonds. The molecular weight excluding hydrogens is 111 g/mol. The molecule has 0 unspecified atom stereocenters. The van der Waals surface area contributed by atoms with E-state index in [2.05, 4.69) is 28.2 Å². The molecular formula is C4H17FN2O. The molecule has 0 aromatic heterocycles. The Morgan fingerprint density at radius 1 is 0.875 bits per heavy atom. The first-order valence-corrected chi connectivity index (χ1v) is 1.79. The summed E-state index contributed by atoms with van der Waals surface area (Å²) in [7, 11) is 8.50. The largest absolute Gasteiger partial charge is 1.00 e. The molecule has 0 aliphatic rings. The summed E-state index contributed by atoms with van der Waals surface area (Å²) < 4.78 is 1.00. The van der Waals surface area contributed by atoms with Crippen molar-refractivity contribution in [1.82, 2.24) is 6.15 Å². The van der Waals surface area contributed by atoms with Crippen molar-refractivity contribution in [3.8, 4) is 0 Å². The lowest BCUT2D eigenvalue weighted by Crippen LogP contribution is -3.00. The second-order valence-electron chi connectivity index (χ2n) is 2.68. The number of quaternary nitrogens is 2. The highest BCUT2D eigenvalue weighted by atomic mass is 19.0. The van der Waals surface area contributed by atoms with Gasteiger partial charge in [-0.15, -0.1) is 0 Å².